The second kappa shape index (κ2) is 7.66. The molecule has 5 rings (SSSR count). The average molecular weight is 407 g/mol. The van der Waals surface area contributed by atoms with Gasteiger partial charge in [0.2, 0.25) is 5.71 Å². The lowest BCUT2D eigenvalue weighted by atomic mass is 9.98. The van der Waals surface area contributed by atoms with Crippen LogP contribution < -0.4 is 0 Å². The number of nitrogens with zero attached hydrogens (tertiary/aromatic N) is 2. The Hall–Kier alpha value is -3.46. The number of furan rings is 1. The summed E-state index contributed by atoms with van der Waals surface area (Å²) in [6.45, 7) is 8.58. The van der Waals surface area contributed by atoms with Crippen LogP contribution in [0.25, 0.3) is 44.5 Å². The summed E-state index contributed by atoms with van der Waals surface area (Å²) >= 11 is 0. The standard InChI is InChI=1S/C28H26N2O/c1-17(2)15-20-7-9-21(10-8-20)22-11-14-25(29-16-22)26-18(3)5-12-23-24-13-6-19(4)30-28(24)31-27(23)26/h5-14,16-17H,15H2,1-4H3. The summed E-state index contributed by atoms with van der Waals surface area (Å²) in [5.74, 6) is 0.662. The third kappa shape index (κ3) is 3.61. The lowest BCUT2D eigenvalue weighted by molar-refractivity contribution is 0.647. The Balaban J connectivity index is 1.55. The largest absolute Gasteiger partial charge is 0.437 e. The summed E-state index contributed by atoms with van der Waals surface area (Å²) in [5, 5.41) is 2.12. The molecule has 31 heavy (non-hydrogen) atoms. The molecule has 0 aliphatic heterocycles. The van der Waals surface area contributed by atoms with Crippen molar-refractivity contribution in [1.82, 2.24) is 9.97 Å². The van der Waals surface area contributed by atoms with Gasteiger partial charge in [0.15, 0.2) is 0 Å². The molecule has 154 valence electrons. The van der Waals surface area contributed by atoms with Crippen LogP contribution in [0.3, 0.4) is 0 Å². The Labute approximate surface area is 182 Å². The first kappa shape index (κ1) is 19.5. The van der Waals surface area contributed by atoms with E-state index in [2.05, 4.69) is 80.4 Å². The number of rotatable bonds is 4. The van der Waals surface area contributed by atoms with Crippen LogP contribution in [0.15, 0.2) is 71.3 Å². The highest BCUT2D eigenvalue weighted by Gasteiger charge is 2.16. The lowest BCUT2D eigenvalue weighted by Crippen LogP contribution is -1.93. The molecule has 3 nitrogen and oxygen atoms in total. The Morgan fingerprint density at radius 3 is 2.26 bits per heavy atom. The van der Waals surface area contributed by atoms with Crippen LogP contribution in [0.2, 0.25) is 0 Å². The number of fused-ring (bicyclic) bond motifs is 3. The molecule has 0 amide bonds. The van der Waals surface area contributed by atoms with Crippen LogP contribution in [0, 0.1) is 19.8 Å². The van der Waals surface area contributed by atoms with Crippen molar-refractivity contribution < 1.29 is 4.42 Å². The minimum absolute atomic E-state index is 0.662. The molecule has 0 aliphatic rings. The van der Waals surface area contributed by atoms with Gasteiger partial charge < -0.3 is 4.42 Å². The molecule has 0 spiro atoms. The summed E-state index contributed by atoms with van der Waals surface area (Å²) in [6.07, 6.45) is 3.06. The summed E-state index contributed by atoms with van der Waals surface area (Å²) in [7, 11) is 0. The Kier molecular flexibility index (Phi) is 4.82. The maximum atomic E-state index is 6.21. The Morgan fingerprint density at radius 2 is 1.55 bits per heavy atom. The minimum atomic E-state index is 0.662. The van der Waals surface area contributed by atoms with Gasteiger partial charge in [-0.2, -0.15) is 0 Å². The molecular weight excluding hydrogens is 380 g/mol. The van der Waals surface area contributed by atoms with Crippen molar-refractivity contribution in [1.29, 1.82) is 0 Å². The van der Waals surface area contributed by atoms with Crippen LogP contribution in [-0.2, 0) is 6.42 Å². The van der Waals surface area contributed by atoms with Gasteiger partial charge >= 0.3 is 0 Å². The molecule has 0 N–H and O–H groups in total. The molecule has 3 heteroatoms. The first-order valence-electron chi connectivity index (χ1n) is 10.8. The number of aromatic nitrogens is 2. The van der Waals surface area contributed by atoms with Gasteiger partial charge in [-0.05, 0) is 61.1 Å². The van der Waals surface area contributed by atoms with Gasteiger partial charge in [0.05, 0.1) is 5.69 Å². The van der Waals surface area contributed by atoms with Crippen molar-refractivity contribution in [2.24, 2.45) is 5.92 Å². The second-order valence-electron chi connectivity index (χ2n) is 8.77. The normalized spacial score (nSPS) is 11.6. The van der Waals surface area contributed by atoms with Gasteiger partial charge in [-0.1, -0.05) is 56.3 Å². The van der Waals surface area contributed by atoms with E-state index < -0.39 is 0 Å². The molecule has 2 aromatic carbocycles. The minimum Gasteiger partial charge on any atom is -0.437 e. The highest BCUT2D eigenvalue weighted by atomic mass is 16.3. The topological polar surface area (TPSA) is 38.9 Å². The van der Waals surface area contributed by atoms with Gasteiger partial charge in [-0.3, -0.25) is 4.98 Å². The predicted octanol–water partition coefficient (Wildman–Crippen LogP) is 7.53. The molecule has 0 atom stereocenters. The molecule has 0 saturated heterocycles. The molecule has 0 radical (unpaired) electrons. The predicted molar refractivity (Wildman–Crippen MR) is 128 cm³/mol. The van der Waals surface area contributed by atoms with E-state index in [9.17, 15) is 0 Å². The highest BCUT2D eigenvalue weighted by molar-refractivity contribution is 6.09. The summed E-state index contributed by atoms with van der Waals surface area (Å²) in [5.41, 5.74) is 9.25. The Morgan fingerprint density at radius 1 is 0.806 bits per heavy atom. The lowest BCUT2D eigenvalue weighted by Gasteiger charge is -2.09. The average Bonchev–Trinajstić information content (AvgIpc) is 3.11. The van der Waals surface area contributed by atoms with Gasteiger partial charge in [-0.15, -0.1) is 0 Å². The van der Waals surface area contributed by atoms with E-state index in [4.69, 9.17) is 9.40 Å². The van der Waals surface area contributed by atoms with Gasteiger partial charge in [-0.25, -0.2) is 4.98 Å². The van der Waals surface area contributed by atoms with Crippen molar-refractivity contribution in [2.75, 3.05) is 0 Å². The van der Waals surface area contributed by atoms with E-state index in [1.54, 1.807) is 0 Å². The van der Waals surface area contributed by atoms with Crippen LogP contribution in [-0.4, -0.2) is 9.97 Å². The van der Waals surface area contributed by atoms with Gasteiger partial charge in [0.1, 0.15) is 5.58 Å². The van der Waals surface area contributed by atoms with Crippen LogP contribution in [0.4, 0.5) is 0 Å². The van der Waals surface area contributed by atoms with Gasteiger partial charge in [0, 0.05) is 33.8 Å². The molecule has 0 unspecified atom stereocenters. The zero-order chi connectivity index (χ0) is 21.5. The van der Waals surface area contributed by atoms with Crippen molar-refractivity contribution in [2.45, 2.75) is 34.1 Å². The molecule has 0 saturated carbocycles. The van der Waals surface area contributed by atoms with E-state index in [-0.39, 0.29) is 0 Å². The van der Waals surface area contributed by atoms with E-state index in [0.717, 1.165) is 50.9 Å². The number of hydrogen-bond donors (Lipinski definition) is 0. The fourth-order valence-electron chi connectivity index (χ4n) is 4.25. The summed E-state index contributed by atoms with van der Waals surface area (Å²) < 4.78 is 6.21. The molecule has 5 aromatic rings. The smallest absolute Gasteiger partial charge is 0.227 e. The third-order valence-corrected chi connectivity index (χ3v) is 5.81. The quantitative estimate of drug-likeness (QED) is 0.310. The van der Waals surface area contributed by atoms with Crippen LogP contribution >= 0.6 is 0 Å². The van der Waals surface area contributed by atoms with Gasteiger partial charge in [0.25, 0.3) is 0 Å². The fraction of sp³-hybridized carbons (Fsp3) is 0.214. The molecule has 0 fully saturated rings. The first-order chi connectivity index (χ1) is 15.0. The summed E-state index contributed by atoms with van der Waals surface area (Å²) in [4.78, 5) is 9.38. The van der Waals surface area contributed by atoms with Crippen LogP contribution in [0.5, 0.6) is 0 Å². The number of hydrogen-bond acceptors (Lipinski definition) is 3. The summed E-state index contributed by atoms with van der Waals surface area (Å²) in [6, 6.07) is 21.4. The van der Waals surface area contributed by atoms with Crippen molar-refractivity contribution in [3.05, 3.63) is 83.7 Å². The number of aryl methyl sites for hydroxylation is 2. The second-order valence-corrected chi connectivity index (χ2v) is 8.77. The van der Waals surface area contributed by atoms with Crippen molar-refractivity contribution in [3.63, 3.8) is 0 Å². The maximum absolute atomic E-state index is 6.21. The molecule has 0 bridgehead atoms. The van der Waals surface area contributed by atoms with Crippen LogP contribution in [0.1, 0.15) is 30.7 Å². The molecule has 3 aromatic heterocycles. The van der Waals surface area contributed by atoms with E-state index in [1.807, 2.05) is 19.2 Å². The molecule has 0 aliphatic carbocycles. The maximum Gasteiger partial charge on any atom is 0.227 e. The molecular formula is C28H26N2O. The zero-order valence-electron chi connectivity index (χ0n) is 18.4. The monoisotopic (exact) mass is 406 g/mol. The van der Waals surface area contributed by atoms with Crippen molar-refractivity contribution >= 4 is 22.1 Å². The fourth-order valence-corrected chi connectivity index (χ4v) is 4.25. The SMILES string of the molecule is Cc1ccc2c(n1)oc1c(-c3ccc(-c4ccc(CC(C)C)cc4)cn3)c(C)ccc12. The van der Waals surface area contributed by atoms with E-state index in [1.165, 1.54) is 11.1 Å². The third-order valence-electron chi connectivity index (χ3n) is 5.81. The Bertz CT molecular complexity index is 1380. The zero-order valence-corrected chi connectivity index (χ0v) is 18.4. The number of benzene rings is 2. The highest BCUT2D eigenvalue weighted by Crippen LogP contribution is 2.37. The first-order valence-corrected chi connectivity index (χ1v) is 10.8. The number of pyridine rings is 2. The van der Waals surface area contributed by atoms with E-state index >= 15 is 0 Å². The van der Waals surface area contributed by atoms with E-state index in [0.29, 0.717) is 11.6 Å². The van der Waals surface area contributed by atoms with Crippen molar-refractivity contribution in [3.8, 4) is 22.4 Å². The molecule has 3 heterocycles.